The number of aromatic nitrogens is 3. The van der Waals surface area contributed by atoms with Crippen LogP contribution in [0.3, 0.4) is 0 Å². The van der Waals surface area contributed by atoms with Crippen molar-refractivity contribution in [1.82, 2.24) is 19.9 Å². The molecular weight excluding hydrogens is 284 g/mol. The summed E-state index contributed by atoms with van der Waals surface area (Å²) in [5, 5.41) is 17.5. The average Bonchev–Trinajstić information content (AvgIpc) is 3.15. The summed E-state index contributed by atoms with van der Waals surface area (Å²) in [4.78, 5) is 26.6. The summed E-state index contributed by atoms with van der Waals surface area (Å²) in [5.74, 6) is -1.16. The van der Waals surface area contributed by atoms with Gasteiger partial charge in [0.05, 0.1) is 17.3 Å². The fourth-order valence-corrected chi connectivity index (χ4v) is 2.52. The third-order valence-corrected chi connectivity index (χ3v) is 3.97. The predicted octanol–water partition coefficient (Wildman–Crippen LogP) is 1.20. The Morgan fingerprint density at radius 2 is 2.00 bits per heavy atom. The molecule has 1 aliphatic rings. The average molecular weight is 300 g/mol. The molecule has 22 heavy (non-hydrogen) atoms. The number of likely N-dealkylation sites (tertiary alicyclic amines) is 1. The molecule has 7 heteroatoms. The van der Waals surface area contributed by atoms with Gasteiger partial charge in [-0.05, 0) is 25.5 Å². The van der Waals surface area contributed by atoms with E-state index in [0.29, 0.717) is 13.0 Å². The molecule has 0 saturated carbocycles. The highest BCUT2D eigenvalue weighted by molar-refractivity contribution is 5.93. The molecule has 0 radical (unpaired) electrons. The van der Waals surface area contributed by atoms with Crippen LogP contribution in [0, 0.1) is 5.41 Å². The van der Waals surface area contributed by atoms with Crippen LogP contribution in [-0.2, 0) is 4.79 Å². The number of carbonyl (C=O) groups is 2. The van der Waals surface area contributed by atoms with Gasteiger partial charge in [-0.3, -0.25) is 9.59 Å². The maximum Gasteiger partial charge on any atom is 0.311 e. The van der Waals surface area contributed by atoms with E-state index in [-0.39, 0.29) is 18.1 Å². The zero-order valence-corrected chi connectivity index (χ0v) is 12.1. The highest BCUT2D eigenvalue weighted by Gasteiger charge is 2.42. The first-order chi connectivity index (χ1) is 10.5. The number of amides is 1. The minimum Gasteiger partial charge on any atom is -0.481 e. The van der Waals surface area contributed by atoms with Gasteiger partial charge in [-0.25, -0.2) is 0 Å². The number of carbonyl (C=O) groups excluding carboxylic acids is 1. The first kappa shape index (κ1) is 14.2. The summed E-state index contributed by atoms with van der Waals surface area (Å²) in [6.45, 7) is 2.27. The van der Waals surface area contributed by atoms with Crippen LogP contribution in [0.5, 0.6) is 0 Å². The number of aliphatic carboxylic acids is 1. The third-order valence-electron chi connectivity index (χ3n) is 3.97. The lowest BCUT2D eigenvalue weighted by molar-refractivity contribution is -0.147. The normalized spacial score (nSPS) is 21.0. The predicted molar refractivity (Wildman–Crippen MR) is 77.6 cm³/mol. The first-order valence-electron chi connectivity index (χ1n) is 7.00. The van der Waals surface area contributed by atoms with Crippen molar-refractivity contribution in [1.29, 1.82) is 0 Å². The van der Waals surface area contributed by atoms with Crippen LogP contribution in [0.4, 0.5) is 0 Å². The lowest BCUT2D eigenvalue weighted by atomic mass is 9.90. The van der Waals surface area contributed by atoms with Crippen molar-refractivity contribution in [2.24, 2.45) is 5.41 Å². The molecule has 0 spiro atoms. The van der Waals surface area contributed by atoms with E-state index in [0.717, 1.165) is 5.69 Å². The SMILES string of the molecule is C[C@@]1(C(=O)O)CCN(C(=O)c2cnn(-c3ccccc3)n2)C1. The molecule has 1 amide bonds. The van der Waals surface area contributed by atoms with Gasteiger partial charge in [0, 0.05) is 13.1 Å². The molecule has 1 saturated heterocycles. The van der Waals surface area contributed by atoms with E-state index in [1.165, 1.54) is 15.9 Å². The number of carboxylic acid groups (broad SMARTS) is 1. The van der Waals surface area contributed by atoms with Crippen molar-refractivity contribution in [3.8, 4) is 5.69 Å². The number of carboxylic acids is 1. The molecule has 1 aromatic carbocycles. The van der Waals surface area contributed by atoms with Gasteiger partial charge in [-0.15, -0.1) is 5.10 Å². The largest absolute Gasteiger partial charge is 0.481 e. The standard InChI is InChI=1S/C15H16N4O3/c1-15(14(21)22)7-8-18(10-15)13(20)12-9-16-19(17-12)11-5-3-2-4-6-11/h2-6,9H,7-8,10H2,1H3,(H,21,22)/t15-/m1/s1. The third kappa shape index (κ3) is 2.45. The minimum absolute atomic E-state index is 0.194. The van der Waals surface area contributed by atoms with Crippen molar-refractivity contribution in [3.05, 3.63) is 42.2 Å². The lowest BCUT2D eigenvalue weighted by Gasteiger charge is -2.19. The number of hydrogen-bond acceptors (Lipinski definition) is 4. The quantitative estimate of drug-likeness (QED) is 0.920. The first-order valence-corrected chi connectivity index (χ1v) is 7.00. The van der Waals surface area contributed by atoms with E-state index in [9.17, 15) is 14.7 Å². The molecule has 3 rings (SSSR count). The molecule has 1 N–H and O–H groups in total. The second kappa shape index (κ2) is 5.25. The molecule has 1 fully saturated rings. The summed E-state index contributed by atoms with van der Waals surface area (Å²) in [6.07, 6.45) is 1.85. The Labute approximate surface area is 127 Å². The molecule has 1 aliphatic heterocycles. The molecule has 1 atom stereocenters. The monoisotopic (exact) mass is 300 g/mol. The van der Waals surface area contributed by atoms with Crippen LogP contribution in [0.1, 0.15) is 23.8 Å². The Hall–Kier alpha value is -2.70. The highest BCUT2D eigenvalue weighted by Crippen LogP contribution is 2.30. The molecule has 1 aromatic heterocycles. The fraction of sp³-hybridized carbons (Fsp3) is 0.333. The summed E-state index contributed by atoms with van der Waals surface area (Å²) >= 11 is 0. The summed E-state index contributed by atoms with van der Waals surface area (Å²) < 4.78 is 0. The second-order valence-corrected chi connectivity index (χ2v) is 5.70. The maximum atomic E-state index is 12.4. The van der Waals surface area contributed by atoms with Crippen LogP contribution in [0.15, 0.2) is 36.5 Å². The van der Waals surface area contributed by atoms with E-state index in [2.05, 4.69) is 10.2 Å². The molecule has 2 heterocycles. The van der Waals surface area contributed by atoms with Crippen LogP contribution in [-0.4, -0.2) is 50.0 Å². The molecule has 0 aliphatic carbocycles. The summed E-state index contributed by atoms with van der Waals surface area (Å²) in [5.41, 5.74) is 0.0993. The van der Waals surface area contributed by atoms with Crippen LogP contribution >= 0.6 is 0 Å². The maximum absolute atomic E-state index is 12.4. The molecule has 0 unspecified atom stereocenters. The number of hydrogen-bond donors (Lipinski definition) is 1. The van der Waals surface area contributed by atoms with Gasteiger partial charge in [-0.2, -0.15) is 9.90 Å². The van der Waals surface area contributed by atoms with Gasteiger partial charge in [-0.1, -0.05) is 18.2 Å². The van der Waals surface area contributed by atoms with Gasteiger partial charge >= 0.3 is 5.97 Å². The smallest absolute Gasteiger partial charge is 0.311 e. The molecule has 0 bridgehead atoms. The Kier molecular flexibility index (Phi) is 3.40. The highest BCUT2D eigenvalue weighted by atomic mass is 16.4. The number of rotatable bonds is 3. The Bertz CT molecular complexity index is 713. The number of benzene rings is 1. The van der Waals surface area contributed by atoms with Gasteiger partial charge in [0.2, 0.25) is 0 Å². The zero-order chi connectivity index (χ0) is 15.7. The summed E-state index contributed by atoms with van der Waals surface area (Å²) in [7, 11) is 0. The van der Waals surface area contributed by atoms with Crippen molar-refractivity contribution < 1.29 is 14.7 Å². The van der Waals surface area contributed by atoms with Gasteiger partial charge < -0.3 is 10.0 Å². The van der Waals surface area contributed by atoms with E-state index in [1.54, 1.807) is 6.92 Å². The Balaban J connectivity index is 1.77. The minimum atomic E-state index is -0.884. The van der Waals surface area contributed by atoms with Gasteiger partial charge in [0.1, 0.15) is 0 Å². The van der Waals surface area contributed by atoms with Gasteiger partial charge in [0.25, 0.3) is 5.91 Å². The fourth-order valence-electron chi connectivity index (χ4n) is 2.52. The Morgan fingerprint density at radius 3 is 2.64 bits per heavy atom. The van der Waals surface area contributed by atoms with E-state index >= 15 is 0 Å². The van der Waals surface area contributed by atoms with Crippen LogP contribution in [0.25, 0.3) is 5.69 Å². The Morgan fingerprint density at radius 1 is 1.27 bits per heavy atom. The lowest BCUT2D eigenvalue weighted by Crippen LogP contribution is -2.35. The van der Waals surface area contributed by atoms with E-state index < -0.39 is 11.4 Å². The topological polar surface area (TPSA) is 88.3 Å². The zero-order valence-electron chi connectivity index (χ0n) is 12.1. The van der Waals surface area contributed by atoms with Crippen molar-refractivity contribution in [2.75, 3.05) is 13.1 Å². The second-order valence-electron chi connectivity index (χ2n) is 5.70. The molecule has 2 aromatic rings. The van der Waals surface area contributed by atoms with Crippen molar-refractivity contribution in [2.45, 2.75) is 13.3 Å². The number of para-hydroxylation sites is 1. The van der Waals surface area contributed by atoms with Crippen molar-refractivity contribution >= 4 is 11.9 Å². The molecule has 7 nitrogen and oxygen atoms in total. The van der Waals surface area contributed by atoms with Crippen LogP contribution < -0.4 is 0 Å². The van der Waals surface area contributed by atoms with Crippen LogP contribution in [0.2, 0.25) is 0 Å². The van der Waals surface area contributed by atoms with E-state index in [1.807, 2.05) is 30.3 Å². The van der Waals surface area contributed by atoms with Crippen molar-refractivity contribution in [3.63, 3.8) is 0 Å². The summed E-state index contributed by atoms with van der Waals surface area (Å²) in [6, 6.07) is 9.28. The molecule has 114 valence electrons. The van der Waals surface area contributed by atoms with E-state index in [4.69, 9.17) is 0 Å². The molecular formula is C15H16N4O3. The number of nitrogens with zero attached hydrogens (tertiary/aromatic N) is 4. The van der Waals surface area contributed by atoms with Gasteiger partial charge in [0.15, 0.2) is 5.69 Å².